The quantitative estimate of drug-likeness (QED) is 0.271. The van der Waals surface area contributed by atoms with Crippen molar-refractivity contribution < 1.29 is 13.6 Å². The molecule has 0 radical (unpaired) electrons. The number of rotatable bonds is 4. The van der Waals surface area contributed by atoms with Gasteiger partial charge < -0.3 is 4.42 Å². The molecule has 3 nitrogen and oxygen atoms in total. The SMILES string of the molecule is Cc1cc(N2C(=O)/C(=C/c3ccc(-c4cc(Cl)ccc4Cl)o3)C=C2c2ccccc2)ccc1F. The Morgan fingerprint density at radius 2 is 1.74 bits per heavy atom. The van der Waals surface area contributed by atoms with Crippen LogP contribution in [0.4, 0.5) is 10.1 Å². The number of amides is 1. The summed E-state index contributed by atoms with van der Waals surface area (Å²) in [7, 11) is 0. The number of anilines is 1. The second-order valence-electron chi connectivity index (χ2n) is 7.90. The van der Waals surface area contributed by atoms with Crippen LogP contribution < -0.4 is 4.90 Å². The largest absolute Gasteiger partial charge is 0.457 e. The first-order valence-corrected chi connectivity index (χ1v) is 11.3. The summed E-state index contributed by atoms with van der Waals surface area (Å²) in [5.41, 5.74) is 3.73. The van der Waals surface area contributed by atoms with Gasteiger partial charge in [-0.2, -0.15) is 0 Å². The predicted molar refractivity (Wildman–Crippen MR) is 135 cm³/mol. The lowest BCUT2D eigenvalue weighted by Crippen LogP contribution is -2.25. The smallest absolute Gasteiger partial charge is 0.263 e. The monoisotopic (exact) mass is 489 g/mol. The van der Waals surface area contributed by atoms with Crippen molar-refractivity contribution in [2.45, 2.75) is 6.92 Å². The molecule has 168 valence electrons. The summed E-state index contributed by atoms with van der Waals surface area (Å²) in [4.78, 5) is 15.1. The van der Waals surface area contributed by atoms with Crippen molar-refractivity contribution in [3.05, 3.63) is 123 Å². The molecule has 1 amide bonds. The molecule has 6 heteroatoms. The lowest BCUT2D eigenvalue weighted by atomic mass is 10.1. The zero-order valence-electron chi connectivity index (χ0n) is 18.1. The third-order valence-corrected chi connectivity index (χ3v) is 6.14. The molecule has 0 atom stereocenters. The lowest BCUT2D eigenvalue weighted by Gasteiger charge is -2.21. The molecule has 0 bridgehead atoms. The third-order valence-electron chi connectivity index (χ3n) is 5.57. The van der Waals surface area contributed by atoms with E-state index in [9.17, 15) is 9.18 Å². The van der Waals surface area contributed by atoms with Crippen LogP contribution in [0.3, 0.4) is 0 Å². The highest BCUT2D eigenvalue weighted by atomic mass is 35.5. The van der Waals surface area contributed by atoms with Crippen molar-refractivity contribution in [1.82, 2.24) is 0 Å². The fraction of sp³-hybridized carbons (Fsp3) is 0.0357. The first-order chi connectivity index (χ1) is 16.4. The van der Waals surface area contributed by atoms with Gasteiger partial charge in [0, 0.05) is 21.8 Å². The molecule has 34 heavy (non-hydrogen) atoms. The van der Waals surface area contributed by atoms with Crippen LogP contribution >= 0.6 is 23.2 Å². The summed E-state index contributed by atoms with van der Waals surface area (Å²) in [6, 6.07) is 22.9. The number of carbonyl (C=O) groups is 1. The topological polar surface area (TPSA) is 33.5 Å². The first-order valence-electron chi connectivity index (χ1n) is 10.6. The van der Waals surface area contributed by atoms with Crippen LogP contribution in [0.5, 0.6) is 0 Å². The van der Waals surface area contributed by atoms with Gasteiger partial charge in [0.25, 0.3) is 5.91 Å². The Morgan fingerprint density at radius 1 is 0.941 bits per heavy atom. The van der Waals surface area contributed by atoms with Crippen molar-refractivity contribution in [2.24, 2.45) is 0 Å². The molecular formula is C28H18Cl2FNO2. The molecule has 3 aromatic carbocycles. The maximum Gasteiger partial charge on any atom is 0.263 e. The molecule has 0 aliphatic carbocycles. The highest BCUT2D eigenvalue weighted by Crippen LogP contribution is 2.37. The first kappa shape index (κ1) is 22.2. The van der Waals surface area contributed by atoms with Crippen molar-refractivity contribution in [3.63, 3.8) is 0 Å². The zero-order chi connectivity index (χ0) is 23.8. The maximum atomic E-state index is 13.9. The molecule has 1 aliphatic rings. The van der Waals surface area contributed by atoms with Crippen LogP contribution in [0.25, 0.3) is 23.1 Å². The molecular weight excluding hydrogens is 472 g/mol. The van der Waals surface area contributed by atoms with Gasteiger partial charge in [-0.15, -0.1) is 0 Å². The predicted octanol–water partition coefficient (Wildman–Crippen LogP) is 8.17. The van der Waals surface area contributed by atoms with Crippen LogP contribution in [-0.4, -0.2) is 5.91 Å². The fourth-order valence-corrected chi connectivity index (χ4v) is 4.26. The van der Waals surface area contributed by atoms with E-state index in [4.69, 9.17) is 27.6 Å². The number of nitrogens with zero attached hydrogens (tertiary/aromatic N) is 1. The Labute approximate surface area is 206 Å². The van der Waals surface area contributed by atoms with Gasteiger partial charge in [0.15, 0.2) is 0 Å². The summed E-state index contributed by atoms with van der Waals surface area (Å²) < 4.78 is 19.9. The van der Waals surface area contributed by atoms with Gasteiger partial charge in [-0.05, 0) is 78.7 Å². The Kier molecular flexibility index (Phi) is 5.86. The van der Waals surface area contributed by atoms with E-state index in [0.29, 0.717) is 49.7 Å². The number of carbonyl (C=O) groups excluding carboxylic acids is 1. The summed E-state index contributed by atoms with van der Waals surface area (Å²) in [6.45, 7) is 1.67. The molecule has 0 unspecified atom stereocenters. The van der Waals surface area contributed by atoms with Gasteiger partial charge in [0.05, 0.1) is 10.7 Å². The van der Waals surface area contributed by atoms with Gasteiger partial charge in [-0.1, -0.05) is 53.5 Å². The van der Waals surface area contributed by atoms with E-state index in [0.717, 1.165) is 5.56 Å². The average molecular weight is 490 g/mol. The molecule has 0 N–H and O–H groups in total. The van der Waals surface area contributed by atoms with E-state index in [1.165, 1.54) is 6.07 Å². The molecule has 1 aliphatic heterocycles. The molecule has 0 saturated heterocycles. The number of benzene rings is 3. The average Bonchev–Trinajstić information content (AvgIpc) is 3.43. The van der Waals surface area contributed by atoms with E-state index in [1.807, 2.05) is 36.4 Å². The number of hydrogen-bond donors (Lipinski definition) is 0. The summed E-state index contributed by atoms with van der Waals surface area (Å²) in [5, 5.41) is 1.06. The van der Waals surface area contributed by atoms with Gasteiger partial charge >= 0.3 is 0 Å². The van der Waals surface area contributed by atoms with Gasteiger partial charge in [0.1, 0.15) is 17.3 Å². The Bertz CT molecular complexity index is 1470. The number of furan rings is 1. The van der Waals surface area contributed by atoms with Crippen LogP contribution in [0, 0.1) is 12.7 Å². The molecule has 0 spiro atoms. The lowest BCUT2D eigenvalue weighted by molar-refractivity contribution is -0.113. The normalized spacial score (nSPS) is 14.7. The van der Waals surface area contributed by atoms with Gasteiger partial charge in [-0.3, -0.25) is 9.69 Å². The fourth-order valence-electron chi connectivity index (χ4n) is 3.88. The number of aryl methyl sites for hydroxylation is 1. The highest BCUT2D eigenvalue weighted by Gasteiger charge is 2.31. The van der Waals surface area contributed by atoms with Crippen molar-refractivity contribution in [1.29, 1.82) is 0 Å². The van der Waals surface area contributed by atoms with Crippen molar-refractivity contribution >= 4 is 46.6 Å². The van der Waals surface area contributed by atoms with E-state index in [1.54, 1.807) is 60.4 Å². The maximum absolute atomic E-state index is 13.9. The molecule has 5 rings (SSSR count). The van der Waals surface area contributed by atoms with Crippen molar-refractivity contribution in [2.75, 3.05) is 4.90 Å². The number of halogens is 3. The molecule has 2 heterocycles. The summed E-state index contributed by atoms with van der Waals surface area (Å²) in [5.74, 6) is 0.487. The second kappa shape index (κ2) is 8.98. The minimum Gasteiger partial charge on any atom is -0.457 e. The van der Waals surface area contributed by atoms with E-state index in [2.05, 4.69) is 0 Å². The molecule has 1 aromatic heterocycles. The Morgan fingerprint density at radius 3 is 2.50 bits per heavy atom. The van der Waals surface area contributed by atoms with E-state index in [-0.39, 0.29) is 11.7 Å². The van der Waals surface area contributed by atoms with Crippen LogP contribution in [0.1, 0.15) is 16.9 Å². The zero-order valence-corrected chi connectivity index (χ0v) is 19.6. The minimum absolute atomic E-state index is 0.233. The Balaban J connectivity index is 1.56. The molecule has 0 fully saturated rings. The molecule has 0 saturated carbocycles. The van der Waals surface area contributed by atoms with Gasteiger partial charge in [-0.25, -0.2) is 4.39 Å². The van der Waals surface area contributed by atoms with Crippen LogP contribution in [-0.2, 0) is 4.79 Å². The summed E-state index contributed by atoms with van der Waals surface area (Å²) in [6.07, 6.45) is 3.49. The third kappa shape index (κ3) is 4.18. The minimum atomic E-state index is -0.320. The van der Waals surface area contributed by atoms with Crippen molar-refractivity contribution in [3.8, 4) is 11.3 Å². The van der Waals surface area contributed by atoms with E-state index < -0.39 is 0 Å². The number of hydrogen-bond acceptors (Lipinski definition) is 2. The Hall–Kier alpha value is -3.60. The second-order valence-corrected chi connectivity index (χ2v) is 8.74. The molecule has 4 aromatic rings. The van der Waals surface area contributed by atoms with Gasteiger partial charge in [0.2, 0.25) is 0 Å². The highest BCUT2D eigenvalue weighted by molar-refractivity contribution is 6.35. The standard InChI is InChI=1S/C28H18Cl2FNO2/c1-17-13-21(8-11-25(17)31)32-26(18-5-3-2-4-6-18)15-19(28(32)33)14-22-9-12-27(34-22)23-16-20(29)7-10-24(23)30/h2-16H,1H3/b19-14+. The van der Waals surface area contributed by atoms with Crippen LogP contribution in [0.15, 0.2) is 94.9 Å². The van der Waals surface area contributed by atoms with Crippen LogP contribution in [0.2, 0.25) is 10.0 Å². The van der Waals surface area contributed by atoms with E-state index >= 15 is 0 Å². The summed E-state index contributed by atoms with van der Waals surface area (Å²) >= 11 is 12.4.